The van der Waals surface area contributed by atoms with Crippen LogP contribution < -0.4 is 0 Å². The van der Waals surface area contributed by atoms with Gasteiger partial charge in [0.25, 0.3) is 0 Å². The maximum absolute atomic E-state index is 9.85. The number of hydrogen-bond acceptors (Lipinski definition) is 4. The zero-order valence-electron chi connectivity index (χ0n) is 11.6. The van der Waals surface area contributed by atoms with Crippen LogP contribution in [0.5, 0.6) is 0 Å². The molecule has 0 spiro atoms. The molecule has 3 nitrogen and oxygen atoms in total. The number of nitrogens with zero attached hydrogens (tertiary/aromatic N) is 1. The van der Waals surface area contributed by atoms with Crippen molar-refractivity contribution in [1.29, 1.82) is 0 Å². The third kappa shape index (κ3) is 2.88. The summed E-state index contributed by atoms with van der Waals surface area (Å²) in [5.74, 6) is 0. The van der Waals surface area contributed by atoms with Gasteiger partial charge in [-0.05, 0) is 25.5 Å². The fraction of sp³-hybridized carbons (Fsp3) is 0.400. The van der Waals surface area contributed by atoms with E-state index in [1.165, 1.54) is 0 Å². The van der Waals surface area contributed by atoms with Crippen molar-refractivity contribution < 1.29 is 10.2 Å². The standard InChI is InChI=1S/C15H18ClNO2S/c1-10-11(2)20-14(17-10)7-15(8-18,9-19)12-5-3-4-6-13(12)16/h3-6,18-19H,7-9H2,1-2H3. The Balaban J connectivity index is 2.42. The van der Waals surface area contributed by atoms with E-state index < -0.39 is 5.41 Å². The van der Waals surface area contributed by atoms with E-state index in [1.807, 2.05) is 32.0 Å². The quantitative estimate of drug-likeness (QED) is 0.892. The first-order chi connectivity index (χ1) is 9.52. The Bertz CT molecular complexity index is 574. The summed E-state index contributed by atoms with van der Waals surface area (Å²) in [4.78, 5) is 5.66. The number of aliphatic hydroxyl groups excluding tert-OH is 2. The second-order valence-electron chi connectivity index (χ2n) is 5.00. The number of aromatic nitrogens is 1. The Kier molecular flexibility index (Phi) is 4.81. The molecular weight excluding hydrogens is 294 g/mol. The summed E-state index contributed by atoms with van der Waals surface area (Å²) in [5, 5.41) is 21.2. The molecule has 0 aliphatic carbocycles. The molecule has 0 saturated carbocycles. The minimum absolute atomic E-state index is 0.176. The topological polar surface area (TPSA) is 53.4 Å². The van der Waals surface area contributed by atoms with Crippen LogP contribution in [0.1, 0.15) is 21.1 Å². The third-order valence-electron chi connectivity index (χ3n) is 3.61. The van der Waals surface area contributed by atoms with Crippen LogP contribution in [-0.4, -0.2) is 28.4 Å². The molecular formula is C15H18ClNO2S. The van der Waals surface area contributed by atoms with E-state index in [2.05, 4.69) is 4.98 Å². The van der Waals surface area contributed by atoms with Crippen LogP contribution in [0.25, 0.3) is 0 Å². The minimum Gasteiger partial charge on any atom is -0.395 e. The first-order valence-corrected chi connectivity index (χ1v) is 7.61. The van der Waals surface area contributed by atoms with Gasteiger partial charge in [0.1, 0.15) is 0 Å². The maximum Gasteiger partial charge on any atom is 0.0941 e. The van der Waals surface area contributed by atoms with Crippen LogP contribution in [0.15, 0.2) is 24.3 Å². The molecule has 1 aromatic heterocycles. The molecule has 20 heavy (non-hydrogen) atoms. The fourth-order valence-electron chi connectivity index (χ4n) is 2.22. The molecule has 0 amide bonds. The summed E-state index contributed by atoms with van der Waals surface area (Å²) in [6, 6.07) is 7.32. The molecule has 0 aliphatic rings. The lowest BCUT2D eigenvalue weighted by molar-refractivity contribution is 0.116. The highest BCUT2D eigenvalue weighted by molar-refractivity contribution is 7.11. The van der Waals surface area contributed by atoms with Crippen molar-refractivity contribution >= 4 is 22.9 Å². The van der Waals surface area contributed by atoms with E-state index in [0.29, 0.717) is 11.4 Å². The molecule has 0 atom stereocenters. The number of hydrogen-bond donors (Lipinski definition) is 2. The minimum atomic E-state index is -0.797. The first-order valence-electron chi connectivity index (χ1n) is 6.42. The van der Waals surface area contributed by atoms with Crippen molar-refractivity contribution in [2.45, 2.75) is 25.7 Å². The van der Waals surface area contributed by atoms with Crippen LogP contribution >= 0.6 is 22.9 Å². The van der Waals surface area contributed by atoms with E-state index in [1.54, 1.807) is 17.4 Å². The average Bonchev–Trinajstić information content (AvgIpc) is 2.75. The van der Waals surface area contributed by atoms with E-state index in [-0.39, 0.29) is 13.2 Å². The van der Waals surface area contributed by atoms with Gasteiger partial charge in [-0.3, -0.25) is 0 Å². The van der Waals surface area contributed by atoms with Crippen molar-refractivity contribution in [3.63, 3.8) is 0 Å². The zero-order valence-corrected chi connectivity index (χ0v) is 13.1. The van der Waals surface area contributed by atoms with Crippen LogP contribution in [0, 0.1) is 13.8 Å². The van der Waals surface area contributed by atoms with Gasteiger partial charge in [0, 0.05) is 21.7 Å². The summed E-state index contributed by atoms with van der Waals surface area (Å²) < 4.78 is 0. The predicted octanol–water partition coefficient (Wildman–Crippen LogP) is 2.88. The second-order valence-corrected chi connectivity index (χ2v) is 6.70. The number of aliphatic hydroxyl groups is 2. The highest BCUT2D eigenvalue weighted by atomic mass is 35.5. The fourth-order valence-corrected chi connectivity index (χ4v) is 3.64. The Morgan fingerprint density at radius 3 is 2.35 bits per heavy atom. The maximum atomic E-state index is 9.85. The molecule has 0 unspecified atom stereocenters. The molecule has 108 valence electrons. The van der Waals surface area contributed by atoms with Crippen LogP contribution in [0.4, 0.5) is 0 Å². The largest absolute Gasteiger partial charge is 0.395 e. The number of benzene rings is 1. The molecule has 0 saturated heterocycles. The Labute approximate surface area is 127 Å². The van der Waals surface area contributed by atoms with Gasteiger partial charge in [0.15, 0.2) is 0 Å². The molecule has 1 heterocycles. The van der Waals surface area contributed by atoms with E-state index in [0.717, 1.165) is 21.1 Å². The molecule has 2 aromatic rings. The molecule has 0 fully saturated rings. The van der Waals surface area contributed by atoms with Gasteiger partial charge in [-0.25, -0.2) is 4.98 Å². The van der Waals surface area contributed by atoms with Gasteiger partial charge in [-0.15, -0.1) is 11.3 Å². The summed E-state index contributed by atoms with van der Waals surface area (Å²) in [7, 11) is 0. The van der Waals surface area contributed by atoms with Gasteiger partial charge in [-0.2, -0.15) is 0 Å². The average molecular weight is 312 g/mol. The summed E-state index contributed by atoms with van der Waals surface area (Å²) in [5.41, 5.74) is 0.959. The van der Waals surface area contributed by atoms with Crippen LogP contribution in [0.3, 0.4) is 0 Å². The molecule has 2 N–H and O–H groups in total. The molecule has 0 radical (unpaired) electrons. The highest BCUT2D eigenvalue weighted by Crippen LogP contribution is 2.34. The van der Waals surface area contributed by atoms with Crippen LogP contribution in [-0.2, 0) is 11.8 Å². The van der Waals surface area contributed by atoms with E-state index in [4.69, 9.17) is 11.6 Å². The van der Waals surface area contributed by atoms with Crippen molar-refractivity contribution in [1.82, 2.24) is 4.98 Å². The SMILES string of the molecule is Cc1nc(CC(CO)(CO)c2ccccc2Cl)sc1C. The molecule has 5 heteroatoms. The second kappa shape index (κ2) is 6.22. The Hall–Kier alpha value is -0.940. The lowest BCUT2D eigenvalue weighted by Crippen LogP contribution is -2.37. The number of thiazole rings is 1. The van der Waals surface area contributed by atoms with Gasteiger partial charge in [0.2, 0.25) is 0 Å². The van der Waals surface area contributed by atoms with Gasteiger partial charge in [-0.1, -0.05) is 29.8 Å². The predicted molar refractivity (Wildman–Crippen MR) is 82.6 cm³/mol. The molecule has 0 aliphatic heterocycles. The third-order valence-corrected chi connectivity index (χ3v) is 5.02. The summed E-state index contributed by atoms with van der Waals surface area (Å²) in [6.45, 7) is 3.63. The first kappa shape index (κ1) is 15.4. The van der Waals surface area contributed by atoms with E-state index >= 15 is 0 Å². The van der Waals surface area contributed by atoms with Gasteiger partial charge >= 0.3 is 0 Å². The van der Waals surface area contributed by atoms with Crippen molar-refractivity contribution in [2.24, 2.45) is 0 Å². The smallest absolute Gasteiger partial charge is 0.0941 e. The normalized spacial score (nSPS) is 11.8. The highest BCUT2D eigenvalue weighted by Gasteiger charge is 2.34. The number of aryl methyl sites for hydroxylation is 2. The van der Waals surface area contributed by atoms with Crippen molar-refractivity contribution in [3.8, 4) is 0 Å². The lowest BCUT2D eigenvalue weighted by Gasteiger charge is -2.30. The summed E-state index contributed by atoms with van der Waals surface area (Å²) >= 11 is 7.83. The van der Waals surface area contributed by atoms with E-state index in [9.17, 15) is 10.2 Å². The van der Waals surface area contributed by atoms with Gasteiger partial charge < -0.3 is 10.2 Å². The Morgan fingerprint density at radius 2 is 1.85 bits per heavy atom. The van der Waals surface area contributed by atoms with Crippen molar-refractivity contribution in [3.05, 3.63) is 50.4 Å². The molecule has 1 aromatic carbocycles. The molecule has 0 bridgehead atoms. The van der Waals surface area contributed by atoms with Crippen LogP contribution in [0.2, 0.25) is 5.02 Å². The lowest BCUT2D eigenvalue weighted by atomic mass is 9.79. The zero-order chi connectivity index (χ0) is 14.8. The van der Waals surface area contributed by atoms with Gasteiger partial charge in [0.05, 0.1) is 23.9 Å². The summed E-state index contributed by atoms with van der Waals surface area (Å²) in [6.07, 6.45) is 0.475. The van der Waals surface area contributed by atoms with Crippen molar-refractivity contribution in [2.75, 3.05) is 13.2 Å². The Morgan fingerprint density at radius 1 is 1.20 bits per heavy atom. The number of rotatable bonds is 5. The molecule has 2 rings (SSSR count). The number of halogens is 1. The monoisotopic (exact) mass is 311 g/mol.